The van der Waals surface area contributed by atoms with Gasteiger partial charge in [-0.15, -0.1) is 6.58 Å². The van der Waals surface area contributed by atoms with E-state index in [2.05, 4.69) is 6.58 Å². The zero-order valence-electron chi connectivity index (χ0n) is 11.4. The van der Waals surface area contributed by atoms with E-state index in [1.165, 1.54) is 0 Å². The quantitative estimate of drug-likeness (QED) is 0.459. The second-order valence-electron chi connectivity index (χ2n) is 4.29. The third kappa shape index (κ3) is 4.36. The van der Waals surface area contributed by atoms with E-state index in [9.17, 15) is 4.79 Å². The molecule has 2 aromatic rings. The lowest BCUT2D eigenvalue weighted by Gasteiger charge is -2.10. The zero-order valence-corrected chi connectivity index (χ0v) is 12.2. The molecule has 0 aliphatic rings. The maximum Gasteiger partial charge on any atom is 0.349 e. The summed E-state index contributed by atoms with van der Waals surface area (Å²) in [5, 5.41) is 0.387. The highest BCUT2D eigenvalue weighted by Gasteiger charge is 2.10. The van der Waals surface area contributed by atoms with Crippen molar-refractivity contribution >= 4 is 17.6 Å². The summed E-state index contributed by atoms with van der Waals surface area (Å²) in [7, 11) is 0. The van der Waals surface area contributed by atoms with Crippen LogP contribution >= 0.6 is 11.6 Å². The van der Waals surface area contributed by atoms with Gasteiger partial charge in [0.05, 0.1) is 5.02 Å². The van der Waals surface area contributed by atoms with Crippen molar-refractivity contribution in [3.8, 4) is 11.5 Å². The minimum atomic E-state index is -0.503. The molecule has 0 aliphatic heterocycles. The Morgan fingerprint density at radius 2 is 1.76 bits per heavy atom. The van der Waals surface area contributed by atoms with Crippen molar-refractivity contribution in [3.05, 3.63) is 71.8 Å². The second kappa shape index (κ2) is 7.50. The molecule has 108 valence electrons. The van der Waals surface area contributed by atoms with Crippen LogP contribution in [-0.2, 0) is 11.2 Å². The van der Waals surface area contributed by atoms with E-state index in [1.54, 1.807) is 30.3 Å². The van der Waals surface area contributed by atoms with E-state index in [0.29, 0.717) is 22.9 Å². The molecule has 2 aromatic carbocycles. The Labute approximate surface area is 128 Å². The molecule has 0 heterocycles. The predicted octanol–water partition coefficient (Wildman–Crippen LogP) is 4.05. The summed E-state index contributed by atoms with van der Waals surface area (Å²) in [4.78, 5) is 11.8. The number of carbonyl (C=O) groups excluding carboxylic acids is 1. The van der Waals surface area contributed by atoms with E-state index < -0.39 is 5.97 Å². The molecule has 0 saturated carbocycles. The van der Waals surface area contributed by atoms with Crippen LogP contribution in [0, 0.1) is 0 Å². The number of carbonyl (C=O) groups is 1. The number of benzene rings is 2. The number of ether oxygens (including phenoxy) is 2. The molecule has 0 N–H and O–H groups in total. The van der Waals surface area contributed by atoms with E-state index >= 15 is 0 Å². The van der Waals surface area contributed by atoms with Crippen LogP contribution in [0.2, 0.25) is 5.02 Å². The first kappa shape index (κ1) is 15.1. The van der Waals surface area contributed by atoms with Gasteiger partial charge in [0, 0.05) is 0 Å². The highest BCUT2D eigenvalue weighted by molar-refractivity contribution is 6.32. The number of allylic oxidation sites excluding steroid dienone is 1. The van der Waals surface area contributed by atoms with Gasteiger partial charge in [0.2, 0.25) is 0 Å². The fraction of sp³-hybridized carbons (Fsp3) is 0.118. The molecule has 4 heteroatoms. The monoisotopic (exact) mass is 302 g/mol. The van der Waals surface area contributed by atoms with Gasteiger partial charge in [0.1, 0.15) is 11.5 Å². The summed E-state index contributed by atoms with van der Waals surface area (Å²) >= 11 is 5.92. The van der Waals surface area contributed by atoms with Gasteiger partial charge in [0.25, 0.3) is 0 Å². The largest absolute Gasteiger partial charge is 0.482 e. The lowest BCUT2D eigenvalue weighted by molar-refractivity contribution is -0.136. The van der Waals surface area contributed by atoms with Gasteiger partial charge in [-0.25, -0.2) is 4.79 Å². The maximum absolute atomic E-state index is 11.8. The van der Waals surface area contributed by atoms with E-state index in [1.807, 2.05) is 24.3 Å². The number of hydrogen-bond donors (Lipinski definition) is 0. The molecule has 0 radical (unpaired) electrons. The molecule has 0 aliphatic carbocycles. The number of rotatable bonds is 6. The van der Waals surface area contributed by atoms with E-state index in [4.69, 9.17) is 21.1 Å². The lowest BCUT2D eigenvalue weighted by Crippen LogP contribution is -2.18. The van der Waals surface area contributed by atoms with Crippen LogP contribution in [0.3, 0.4) is 0 Å². The third-order valence-electron chi connectivity index (χ3n) is 2.74. The molecule has 0 bridgehead atoms. The van der Waals surface area contributed by atoms with Crippen molar-refractivity contribution < 1.29 is 14.3 Å². The van der Waals surface area contributed by atoms with Crippen molar-refractivity contribution in [1.29, 1.82) is 0 Å². The number of hydrogen-bond acceptors (Lipinski definition) is 3. The number of para-hydroxylation sites is 2. The van der Waals surface area contributed by atoms with Gasteiger partial charge < -0.3 is 9.47 Å². The average molecular weight is 303 g/mol. The highest BCUT2D eigenvalue weighted by atomic mass is 35.5. The Morgan fingerprint density at radius 1 is 1.10 bits per heavy atom. The number of halogens is 1. The third-order valence-corrected chi connectivity index (χ3v) is 3.06. The van der Waals surface area contributed by atoms with Gasteiger partial charge >= 0.3 is 5.97 Å². The van der Waals surface area contributed by atoms with Crippen molar-refractivity contribution in [2.45, 2.75) is 6.42 Å². The standard InChI is InChI=1S/C17H15ClO3/c1-2-7-13-8-3-5-10-15(13)20-12-17(19)21-16-11-6-4-9-14(16)18/h2-6,8-11H,1,7,12H2. The summed E-state index contributed by atoms with van der Waals surface area (Å²) < 4.78 is 10.6. The summed E-state index contributed by atoms with van der Waals surface area (Å²) in [5.41, 5.74) is 0.970. The molecular weight excluding hydrogens is 288 g/mol. The van der Waals surface area contributed by atoms with Crippen LogP contribution in [0.25, 0.3) is 0 Å². The molecule has 21 heavy (non-hydrogen) atoms. The van der Waals surface area contributed by atoms with E-state index in [0.717, 1.165) is 5.56 Å². The first-order valence-electron chi connectivity index (χ1n) is 6.47. The van der Waals surface area contributed by atoms with Gasteiger partial charge in [-0.3, -0.25) is 0 Å². The highest BCUT2D eigenvalue weighted by Crippen LogP contribution is 2.23. The van der Waals surface area contributed by atoms with Gasteiger partial charge in [-0.1, -0.05) is 48.0 Å². The Morgan fingerprint density at radius 3 is 2.48 bits per heavy atom. The van der Waals surface area contributed by atoms with Crippen LogP contribution in [-0.4, -0.2) is 12.6 Å². The number of esters is 1. The van der Waals surface area contributed by atoms with Gasteiger partial charge in [-0.2, -0.15) is 0 Å². The normalized spacial score (nSPS) is 9.95. The molecule has 0 saturated heterocycles. The Hall–Kier alpha value is -2.26. The SMILES string of the molecule is C=CCc1ccccc1OCC(=O)Oc1ccccc1Cl. The van der Waals surface area contributed by atoms with Crippen LogP contribution in [0.5, 0.6) is 11.5 Å². The minimum absolute atomic E-state index is 0.181. The second-order valence-corrected chi connectivity index (χ2v) is 4.70. The van der Waals surface area contributed by atoms with Crippen LogP contribution in [0.15, 0.2) is 61.2 Å². The smallest absolute Gasteiger partial charge is 0.349 e. The Bertz CT molecular complexity index is 637. The molecule has 0 spiro atoms. The molecule has 0 amide bonds. The van der Waals surface area contributed by atoms with Crippen molar-refractivity contribution in [2.75, 3.05) is 6.61 Å². The fourth-order valence-electron chi connectivity index (χ4n) is 1.79. The Balaban J connectivity index is 1.95. The van der Waals surface area contributed by atoms with Gasteiger partial charge in [0.15, 0.2) is 6.61 Å². The molecule has 0 aromatic heterocycles. The van der Waals surface area contributed by atoms with E-state index in [-0.39, 0.29) is 6.61 Å². The van der Waals surface area contributed by atoms with Crippen LogP contribution < -0.4 is 9.47 Å². The fourth-order valence-corrected chi connectivity index (χ4v) is 1.96. The average Bonchev–Trinajstić information content (AvgIpc) is 2.49. The molecule has 2 rings (SSSR count). The summed E-state index contributed by atoms with van der Waals surface area (Å²) in [5.74, 6) is 0.470. The molecule has 0 fully saturated rings. The van der Waals surface area contributed by atoms with Crippen LogP contribution in [0.1, 0.15) is 5.56 Å². The Kier molecular flexibility index (Phi) is 5.41. The summed E-state index contributed by atoms with van der Waals surface area (Å²) in [6.07, 6.45) is 2.46. The molecule has 0 unspecified atom stereocenters. The molecular formula is C17H15ClO3. The molecule has 0 atom stereocenters. The van der Waals surface area contributed by atoms with Crippen molar-refractivity contribution in [2.24, 2.45) is 0 Å². The predicted molar refractivity (Wildman–Crippen MR) is 82.9 cm³/mol. The zero-order chi connectivity index (χ0) is 15.1. The topological polar surface area (TPSA) is 35.5 Å². The van der Waals surface area contributed by atoms with Crippen molar-refractivity contribution in [1.82, 2.24) is 0 Å². The summed E-state index contributed by atoms with van der Waals surface area (Å²) in [6.45, 7) is 3.51. The first-order chi connectivity index (χ1) is 10.2. The van der Waals surface area contributed by atoms with Gasteiger partial charge in [-0.05, 0) is 30.2 Å². The van der Waals surface area contributed by atoms with Crippen LogP contribution in [0.4, 0.5) is 0 Å². The van der Waals surface area contributed by atoms with Crippen molar-refractivity contribution in [3.63, 3.8) is 0 Å². The first-order valence-corrected chi connectivity index (χ1v) is 6.85. The maximum atomic E-state index is 11.8. The summed E-state index contributed by atoms with van der Waals surface area (Å²) in [6, 6.07) is 14.3. The minimum Gasteiger partial charge on any atom is -0.482 e. The lowest BCUT2D eigenvalue weighted by atomic mass is 10.1. The molecule has 3 nitrogen and oxygen atoms in total.